The first-order valence-corrected chi connectivity index (χ1v) is 6.99. The van der Waals surface area contributed by atoms with Crippen LogP contribution in [0.5, 0.6) is 0 Å². The molecule has 0 saturated heterocycles. The van der Waals surface area contributed by atoms with Crippen molar-refractivity contribution in [3.05, 3.63) is 29.8 Å². The van der Waals surface area contributed by atoms with Crippen molar-refractivity contribution < 1.29 is 9.53 Å². The van der Waals surface area contributed by atoms with Gasteiger partial charge in [-0.05, 0) is 55.2 Å². The third-order valence-corrected chi connectivity index (χ3v) is 4.19. The van der Waals surface area contributed by atoms with E-state index in [9.17, 15) is 4.79 Å². The lowest BCUT2D eigenvalue weighted by Crippen LogP contribution is -2.17. The Morgan fingerprint density at radius 1 is 1.22 bits per heavy atom. The Morgan fingerprint density at radius 2 is 1.83 bits per heavy atom. The van der Waals surface area contributed by atoms with Crippen LogP contribution in [-0.2, 0) is 9.53 Å². The van der Waals surface area contributed by atoms with Crippen LogP contribution in [0, 0.1) is 5.92 Å². The summed E-state index contributed by atoms with van der Waals surface area (Å²) < 4.78 is 4.73. The van der Waals surface area contributed by atoms with Gasteiger partial charge < -0.3 is 4.74 Å². The van der Waals surface area contributed by atoms with Gasteiger partial charge in [0.15, 0.2) is 0 Å². The zero-order valence-electron chi connectivity index (χ0n) is 10.8. The van der Waals surface area contributed by atoms with E-state index in [1.165, 1.54) is 25.5 Å². The van der Waals surface area contributed by atoms with Crippen molar-refractivity contribution in [2.45, 2.75) is 42.9 Å². The second-order valence-corrected chi connectivity index (χ2v) is 5.61. The van der Waals surface area contributed by atoms with Crippen molar-refractivity contribution in [3.63, 3.8) is 0 Å². The Balaban J connectivity index is 1.86. The Kier molecular flexibility index (Phi) is 4.70. The summed E-state index contributed by atoms with van der Waals surface area (Å²) in [5, 5.41) is 0. The third kappa shape index (κ3) is 3.52. The van der Waals surface area contributed by atoms with E-state index in [0.717, 1.165) is 17.7 Å². The smallest absolute Gasteiger partial charge is 0.305 e. The fourth-order valence-corrected chi connectivity index (χ4v) is 2.91. The lowest BCUT2D eigenvalue weighted by Gasteiger charge is -2.28. The van der Waals surface area contributed by atoms with E-state index in [4.69, 9.17) is 4.74 Å². The average Bonchev–Trinajstić information content (AvgIpc) is 2.40. The van der Waals surface area contributed by atoms with Crippen LogP contribution >= 0.6 is 12.6 Å². The van der Waals surface area contributed by atoms with Crippen LogP contribution in [0.1, 0.15) is 43.6 Å². The lowest BCUT2D eigenvalue weighted by molar-refractivity contribution is -0.142. The number of carbonyl (C=O) groups excluding carboxylic acids is 1. The van der Waals surface area contributed by atoms with Crippen molar-refractivity contribution in [1.82, 2.24) is 0 Å². The van der Waals surface area contributed by atoms with Crippen LogP contribution < -0.4 is 0 Å². The predicted octanol–water partition coefficient (Wildman–Crippen LogP) is 3.81. The van der Waals surface area contributed by atoms with E-state index in [1.807, 2.05) is 0 Å². The zero-order valence-corrected chi connectivity index (χ0v) is 11.7. The monoisotopic (exact) mass is 264 g/mol. The molecule has 18 heavy (non-hydrogen) atoms. The van der Waals surface area contributed by atoms with E-state index < -0.39 is 0 Å². The molecule has 0 aliphatic heterocycles. The summed E-state index contributed by atoms with van der Waals surface area (Å²) in [4.78, 5) is 12.3. The van der Waals surface area contributed by atoms with E-state index >= 15 is 0 Å². The molecular formula is C15H20O2S. The highest BCUT2D eigenvalue weighted by atomic mass is 32.1. The van der Waals surface area contributed by atoms with E-state index in [0.29, 0.717) is 18.3 Å². The van der Waals surface area contributed by atoms with Gasteiger partial charge in [0.1, 0.15) is 0 Å². The number of thiol groups is 1. The van der Waals surface area contributed by atoms with Crippen LogP contribution in [0.3, 0.4) is 0 Å². The second-order valence-electron chi connectivity index (χ2n) is 5.09. The maximum Gasteiger partial charge on any atom is 0.305 e. The minimum Gasteiger partial charge on any atom is -0.469 e. The number of hydrogen-bond acceptors (Lipinski definition) is 3. The molecule has 98 valence electrons. The van der Waals surface area contributed by atoms with Gasteiger partial charge in [0.05, 0.1) is 7.11 Å². The molecule has 0 radical (unpaired) electrons. The largest absolute Gasteiger partial charge is 0.469 e. The van der Waals surface area contributed by atoms with Gasteiger partial charge in [-0.25, -0.2) is 0 Å². The fourth-order valence-electron chi connectivity index (χ4n) is 2.77. The summed E-state index contributed by atoms with van der Waals surface area (Å²) in [6.45, 7) is 0. The van der Waals surface area contributed by atoms with Gasteiger partial charge in [0.2, 0.25) is 0 Å². The highest BCUT2D eigenvalue weighted by Crippen LogP contribution is 2.37. The minimum absolute atomic E-state index is 0.0714. The molecule has 1 saturated carbocycles. The molecule has 1 fully saturated rings. The second kappa shape index (κ2) is 6.28. The highest BCUT2D eigenvalue weighted by Gasteiger charge is 2.24. The summed E-state index contributed by atoms with van der Waals surface area (Å²) in [5.41, 5.74) is 1.41. The number of esters is 1. The van der Waals surface area contributed by atoms with Crippen molar-refractivity contribution in [1.29, 1.82) is 0 Å². The van der Waals surface area contributed by atoms with Crippen molar-refractivity contribution in [2.75, 3.05) is 7.11 Å². The van der Waals surface area contributed by atoms with Gasteiger partial charge >= 0.3 is 5.97 Å². The Hall–Kier alpha value is -0.960. The zero-order chi connectivity index (χ0) is 13.0. The van der Waals surface area contributed by atoms with Crippen LogP contribution in [0.4, 0.5) is 0 Å². The Labute approximate surface area is 114 Å². The molecule has 3 heteroatoms. The molecule has 1 aliphatic carbocycles. The SMILES string of the molecule is COC(=O)CC1CCC(c2ccc(S)cc2)CC1. The summed E-state index contributed by atoms with van der Waals surface area (Å²) in [6, 6.07) is 8.46. The third-order valence-electron chi connectivity index (χ3n) is 3.89. The maximum atomic E-state index is 11.2. The van der Waals surface area contributed by atoms with Crippen LogP contribution in [-0.4, -0.2) is 13.1 Å². The number of benzene rings is 1. The number of ether oxygens (including phenoxy) is 1. The summed E-state index contributed by atoms with van der Waals surface area (Å²) in [6.07, 6.45) is 5.19. The first-order valence-electron chi connectivity index (χ1n) is 6.54. The molecule has 0 heterocycles. The van der Waals surface area contributed by atoms with Crippen LogP contribution in [0.15, 0.2) is 29.2 Å². The number of carbonyl (C=O) groups is 1. The molecule has 0 aromatic heterocycles. The predicted molar refractivity (Wildman–Crippen MR) is 75.0 cm³/mol. The maximum absolute atomic E-state index is 11.2. The molecule has 0 spiro atoms. The fraction of sp³-hybridized carbons (Fsp3) is 0.533. The van der Waals surface area contributed by atoms with Gasteiger partial charge in [-0.15, -0.1) is 12.6 Å². The molecule has 0 unspecified atom stereocenters. The van der Waals surface area contributed by atoms with Gasteiger partial charge in [-0.2, -0.15) is 0 Å². The van der Waals surface area contributed by atoms with Crippen molar-refractivity contribution in [2.24, 2.45) is 5.92 Å². The number of hydrogen-bond donors (Lipinski definition) is 1. The lowest BCUT2D eigenvalue weighted by atomic mass is 9.77. The Bertz CT molecular complexity index is 391. The van der Waals surface area contributed by atoms with Crippen LogP contribution in [0.25, 0.3) is 0 Å². The quantitative estimate of drug-likeness (QED) is 0.663. The van der Waals surface area contributed by atoms with Crippen molar-refractivity contribution >= 4 is 18.6 Å². The number of methoxy groups -OCH3 is 1. The molecule has 0 bridgehead atoms. The summed E-state index contributed by atoms with van der Waals surface area (Å²) >= 11 is 4.31. The summed E-state index contributed by atoms with van der Waals surface area (Å²) in [7, 11) is 1.47. The van der Waals surface area contributed by atoms with Gasteiger partial charge in [-0.1, -0.05) is 12.1 Å². The van der Waals surface area contributed by atoms with Gasteiger partial charge in [0.25, 0.3) is 0 Å². The molecule has 0 N–H and O–H groups in total. The topological polar surface area (TPSA) is 26.3 Å². The molecule has 1 aromatic carbocycles. The Morgan fingerprint density at radius 3 is 2.39 bits per heavy atom. The molecule has 0 atom stereocenters. The van der Waals surface area contributed by atoms with E-state index in [2.05, 4.69) is 36.9 Å². The molecular weight excluding hydrogens is 244 g/mol. The van der Waals surface area contributed by atoms with E-state index in [1.54, 1.807) is 0 Å². The van der Waals surface area contributed by atoms with E-state index in [-0.39, 0.29) is 5.97 Å². The normalized spacial score (nSPS) is 23.7. The van der Waals surface area contributed by atoms with Gasteiger partial charge in [0, 0.05) is 11.3 Å². The molecule has 1 aliphatic rings. The molecule has 1 aromatic rings. The first kappa shape index (κ1) is 13.5. The number of rotatable bonds is 3. The van der Waals surface area contributed by atoms with Crippen molar-refractivity contribution in [3.8, 4) is 0 Å². The molecule has 2 rings (SSSR count). The molecule has 0 amide bonds. The standard InChI is InChI=1S/C15H20O2S/c1-17-15(16)10-11-2-4-12(5-3-11)13-6-8-14(18)9-7-13/h6-9,11-12,18H,2-5,10H2,1H3. The minimum atomic E-state index is -0.0714. The van der Waals surface area contributed by atoms with Crippen LogP contribution in [0.2, 0.25) is 0 Å². The van der Waals surface area contributed by atoms with Gasteiger partial charge in [-0.3, -0.25) is 4.79 Å². The average molecular weight is 264 g/mol. The summed E-state index contributed by atoms with van der Waals surface area (Å²) in [5.74, 6) is 1.09. The highest BCUT2D eigenvalue weighted by molar-refractivity contribution is 7.80. The first-order chi connectivity index (χ1) is 8.69. The molecule has 2 nitrogen and oxygen atoms in total.